The fourth-order valence-corrected chi connectivity index (χ4v) is 3.85. The van der Waals surface area contributed by atoms with E-state index in [2.05, 4.69) is 4.74 Å². The predicted molar refractivity (Wildman–Crippen MR) is 105 cm³/mol. The Labute approximate surface area is 169 Å². The minimum atomic E-state index is -0.507. The zero-order valence-corrected chi connectivity index (χ0v) is 17.0. The lowest BCUT2D eigenvalue weighted by Crippen LogP contribution is -2.34. The number of aromatic nitrogens is 1. The molecule has 2 aromatic rings. The maximum Gasteiger partial charge on any atom is 0.325 e. The summed E-state index contributed by atoms with van der Waals surface area (Å²) in [5.74, 6) is -1.07. The third-order valence-corrected chi connectivity index (χ3v) is 5.49. The van der Waals surface area contributed by atoms with Crippen molar-refractivity contribution in [1.29, 1.82) is 0 Å². The Bertz CT molecular complexity index is 964. The fraction of sp³-hybridized carbons (Fsp3) is 0.409. The minimum Gasteiger partial charge on any atom is -0.468 e. The van der Waals surface area contributed by atoms with Crippen LogP contribution in [0.15, 0.2) is 24.3 Å². The second-order valence-electron chi connectivity index (χ2n) is 7.34. The Kier molecular flexibility index (Phi) is 6.15. The Morgan fingerprint density at radius 1 is 1.24 bits per heavy atom. The highest BCUT2D eigenvalue weighted by molar-refractivity contribution is 6.01. The van der Waals surface area contributed by atoms with Gasteiger partial charge in [-0.15, -0.1) is 0 Å². The number of esters is 1. The van der Waals surface area contributed by atoms with Gasteiger partial charge in [0.05, 0.1) is 20.1 Å². The summed E-state index contributed by atoms with van der Waals surface area (Å²) in [7, 11) is 2.79. The van der Waals surface area contributed by atoms with Gasteiger partial charge in [-0.05, 0) is 31.4 Å². The van der Waals surface area contributed by atoms with Crippen molar-refractivity contribution in [2.24, 2.45) is 0 Å². The molecule has 1 aromatic heterocycles. The first-order chi connectivity index (χ1) is 13.8. The molecule has 3 rings (SSSR count). The van der Waals surface area contributed by atoms with Crippen LogP contribution in [-0.4, -0.2) is 47.8 Å². The van der Waals surface area contributed by atoms with Crippen LogP contribution in [0.2, 0.25) is 0 Å². The molecule has 7 heteroatoms. The van der Waals surface area contributed by atoms with Gasteiger partial charge in [0.2, 0.25) is 5.91 Å². The number of ether oxygens (including phenoxy) is 1. The van der Waals surface area contributed by atoms with E-state index >= 15 is 0 Å². The average Bonchev–Trinajstić information content (AvgIpc) is 2.96. The molecule has 1 aliphatic rings. The molecule has 0 saturated heterocycles. The highest BCUT2D eigenvalue weighted by atomic mass is 19.1. The van der Waals surface area contributed by atoms with Crippen molar-refractivity contribution < 1.29 is 23.5 Å². The van der Waals surface area contributed by atoms with Gasteiger partial charge in [0.25, 0.3) is 0 Å². The molecule has 0 spiro atoms. The number of hydrogen-bond acceptors (Lipinski definition) is 4. The van der Waals surface area contributed by atoms with E-state index in [0.717, 1.165) is 17.8 Å². The van der Waals surface area contributed by atoms with E-state index in [4.69, 9.17) is 0 Å². The first-order valence-electron chi connectivity index (χ1n) is 9.61. The molecule has 1 aliphatic carbocycles. The van der Waals surface area contributed by atoms with Crippen molar-refractivity contribution in [3.8, 4) is 0 Å². The highest BCUT2D eigenvalue weighted by Crippen LogP contribution is 2.31. The first kappa shape index (κ1) is 20.8. The van der Waals surface area contributed by atoms with Crippen LogP contribution in [0.4, 0.5) is 4.39 Å². The van der Waals surface area contributed by atoms with Crippen molar-refractivity contribution in [3.05, 3.63) is 58.2 Å². The molecule has 1 aromatic carbocycles. The molecule has 0 saturated carbocycles. The maximum absolute atomic E-state index is 14.2. The summed E-state index contributed by atoms with van der Waals surface area (Å²) in [5, 5.41) is 0. The van der Waals surface area contributed by atoms with Crippen LogP contribution in [0, 0.1) is 12.7 Å². The lowest BCUT2D eigenvalue weighted by atomic mass is 9.92. The lowest BCUT2D eigenvalue weighted by Gasteiger charge is -2.17. The van der Waals surface area contributed by atoms with Gasteiger partial charge < -0.3 is 14.2 Å². The fourth-order valence-electron chi connectivity index (χ4n) is 3.85. The molecule has 0 fully saturated rings. The number of halogens is 1. The van der Waals surface area contributed by atoms with E-state index in [9.17, 15) is 18.8 Å². The summed E-state index contributed by atoms with van der Waals surface area (Å²) in [6, 6.07) is 6.56. The number of carbonyl (C=O) groups is 3. The normalized spacial score (nSPS) is 13.2. The van der Waals surface area contributed by atoms with Crippen molar-refractivity contribution in [3.63, 3.8) is 0 Å². The van der Waals surface area contributed by atoms with Crippen LogP contribution in [-0.2, 0) is 33.7 Å². The summed E-state index contributed by atoms with van der Waals surface area (Å²) in [4.78, 5) is 38.1. The van der Waals surface area contributed by atoms with Crippen LogP contribution in [0.3, 0.4) is 0 Å². The summed E-state index contributed by atoms with van der Waals surface area (Å²) in [6.45, 7) is 2.01. The predicted octanol–water partition coefficient (Wildman–Crippen LogP) is 2.68. The summed E-state index contributed by atoms with van der Waals surface area (Å²) >= 11 is 0. The van der Waals surface area contributed by atoms with E-state index in [-0.39, 0.29) is 30.5 Å². The molecule has 1 amide bonds. The molecular weight excluding hydrogens is 375 g/mol. The maximum atomic E-state index is 14.2. The molecule has 6 nitrogen and oxygen atoms in total. The van der Waals surface area contributed by atoms with Gasteiger partial charge in [-0.25, -0.2) is 4.39 Å². The molecular formula is C22H25FN2O4. The lowest BCUT2D eigenvalue weighted by molar-refractivity contribution is -0.145. The molecule has 0 aliphatic heterocycles. The third kappa shape index (κ3) is 4.23. The second kappa shape index (κ2) is 8.59. The number of benzene rings is 1. The van der Waals surface area contributed by atoms with Crippen LogP contribution >= 0.6 is 0 Å². The molecule has 0 N–H and O–H groups in total. The van der Waals surface area contributed by atoms with Crippen molar-refractivity contribution in [2.45, 2.75) is 39.2 Å². The smallest absolute Gasteiger partial charge is 0.325 e. The zero-order chi connectivity index (χ0) is 21.1. The second-order valence-corrected chi connectivity index (χ2v) is 7.34. The SMILES string of the molecule is COC(=O)CN(C)C(=O)Cc1c2c(n(Cc3ccccc3F)c1C)CCCC2=O. The number of amides is 1. The van der Waals surface area contributed by atoms with E-state index in [1.54, 1.807) is 18.2 Å². The van der Waals surface area contributed by atoms with Crippen LogP contribution in [0.5, 0.6) is 0 Å². The number of carbonyl (C=O) groups excluding carboxylic acids is 3. The monoisotopic (exact) mass is 400 g/mol. The summed E-state index contributed by atoms with van der Waals surface area (Å²) < 4.78 is 20.8. The Morgan fingerprint density at radius 3 is 2.66 bits per heavy atom. The third-order valence-electron chi connectivity index (χ3n) is 5.49. The van der Waals surface area contributed by atoms with E-state index < -0.39 is 5.97 Å². The Balaban J connectivity index is 1.96. The molecule has 0 unspecified atom stereocenters. The molecule has 1 heterocycles. The van der Waals surface area contributed by atoms with E-state index in [0.29, 0.717) is 36.1 Å². The number of nitrogens with zero attached hydrogens (tertiary/aromatic N) is 2. The number of hydrogen-bond donors (Lipinski definition) is 0. The quantitative estimate of drug-likeness (QED) is 0.699. The zero-order valence-electron chi connectivity index (χ0n) is 17.0. The number of ketones is 1. The number of methoxy groups -OCH3 is 1. The Hall–Kier alpha value is -2.96. The van der Waals surface area contributed by atoms with Gasteiger partial charge in [0, 0.05) is 36.0 Å². The van der Waals surface area contributed by atoms with Gasteiger partial charge in [-0.2, -0.15) is 0 Å². The highest BCUT2D eigenvalue weighted by Gasteiger charge is 2.30. The van der Waals surface area contributed by atoms with Crippen LogP contribution < -0.4 is 0 Å². The minimum absolute atomic E-state index is 0.0116. The number of Topliss-reactive ketones (excluding diaryl/α,β-unsaturated/α-hetero) is 1. The first-order valence-corrected chi connectivity index (χ1v) is 9.61. The molecule has 29 heavy (non-hydrogen) atoms. The van der Waals surface area contributed by atoms with Crippen molar-refractivity contribution >= 4 is 17.7 Å². The Morgan fingerprint density at radius 2 is 1.97 bits per heavy atom. The standard InChI is InChI=1S/C22H25FN2O4/c1-14-16(11-20(27)24(2)13-21(28)29-3)22-18(9-6-10-19(22)26)25(14)12-15-7-4-5-8-17(15)23/h4-5,7-8H,6,9-13H2,1-3H3. The topological polar surface area (TPSA) is 68.6 Å². The number of likely N-dealkylation sites (N-methyl/N-ethyl adjacent to an activating group) is 1. The molecule has 0 atom stereocenters. The average molecular weight is 400 g/mol. The van der Waals surface area contributed by atoms with Crippen molar-refractivity contribution in [2.75, 3.05) is 20.7 Å². The van der Waals surface area contributed by atoms with E-state index in [1.165, 1.54) is 25.1 Å². The molecule has 154 valence electrons. The summed E-state index contributed by atoms with van der Waals surface area (Å²) in [6.07, 6.45) is 1.90. The largest absolute Gasteiger partial charge is 0.468 e. The van der Waals surface area contributed by atoms with Gasteiger partial charge in [0.15, 0.2) is 5.78 Å². The number of rotatable bonds is 6. The van der Waals surface area contributed by atoms with Gasteiger partial charge >= 0.3 is 5.97 Å². The van der Waals surface area contributed by atoms with Gasteiger partial charge in [-0.3, -0.25) is 14.4 Å². The van der Waals surface area contributed by atoms with Crippen LogP contribution in [0.1, 0.15) is 45.7 Å². The van der Waals surface area contributed by atoms with Crippen molar-refractivity contribution in [1.82, 2.24) is 9.47 Å². The van der Waals surface area contributed by atoms with E-state index in [1.807, 2.05) is 11.5 Å². The molecule has 0 radical (unpaired) electrons. The summed E-state index contributed by atoms with van der Waals surface area (Å²) in [5.41, 5.74) is 3.44. The molecule has 0 bridgehead atoms. The van der Waals surface area contributed by atoms with Gasteiger partial charge in [-0.1, -0.05) is 18.2 Å². The van der Waals surface area contributed by atoms with Crippen LogP contribution in [0.25, 0.3) is 0 Å². The number of fused-ring (bicyclic) bond motifs is 1. The van der Waals surface area contributed by atoms with Gasteiger partial charge in [0.1, 0.15) is 12.4 Å².